The number of nitrogens with zero attached hydrogens (tertiary/aromatic N) is 3. The van der Waals surface area contributed by atoms with Gasteiger partial charge in [0, 0.05) is 10.6 Å². The lowest BCUT2D eigenvalue weighted by molar-refractivity contribution is 0.700. The highest BCUT2D eigenvalue weighted by Crippen LogP contribution is 2.34. The van der Waals surface area contributed by atoms with Crippen LogP contribution in [0.5, 0.6) is 0 Å². The van der Waals surface area contributed by atoms with Crippen molar-refractivity contribution in [1.29, 1.82) is 0 Å². The first kappa shape index (κ1) is 19.7. The molecule has 2 N–H and O–H groups in total. The van der Waals surface area contributed by atoms with E-state index in [0.717, 1.165) is 44.6 Å². The van der Waals surface area contributed by atoms with Crippen LogP contribution in [0.15, 0.2) is 27.3 Å². The van der Waals surface area contributed by atoms with Crippen LogP contribution in [0.3, 0.4) is 0 Å². The summed E-state index contributed by atoms with van der Waals surface area (Å²) >= 11 is 4.72. The minimum absolute atomic E-state index is 0.00975. The summed E-state index contributed by atoms with van der Waals surface area (Å²) in [6.45, 7) is 4.16. The highest BCUT2D eigenvalue weighted by Gasteiger charge is 2.20. The van der Waals surface area contributed by atoms with E-state index in [1.165, 1.54) is 39.3 Å². The number of aromatic amines is 1. The molecule has 3 aromatic heterocycles. The van der Waals surface area contributed by atoms with Crippen LogP contribution in [-0.4, -0.2) is 20.2 Å². The lowest BCUT2D eigenvalue weighted by Crippen LogP contribution is -2.12. The number of thiophene rings is 1. The molecule has 0 saturated carbocycles. The quantitative estimate of drug-likeness (QED) is 0.394. The molecule has 0 fully saturated rings. The fourth-order valence-corrected chi connectivity index (χ4v) is 6.71. The highest BCUT2D eigenvalue weighted by atomic mass is 32.2. The van der Waals surface area contributed by atoms with Crippen molar-refractivity contribution >= 4 is 55.5 Å². The Balaban J connectivity index is 1.31. The number of aromatic nitrogens is 4. The number of H-pyrrole nitrogens is 1. The molecule has 9 heteroatoms. The smallest absolute Gasteiger partial charge is 0.259 e. The van der Waals surface area contributed by atoms with Crippen molar-refractivity contribution in [3.63, 3.8) is 0 Å². The summed E-state index contributed by atoms with van der Waals surface area (Å²) in [5.41, 5.74) is 4.65. The maximum Gasteiger partial charge on any atom is 0.259 e. The van der Waals surface area contributed by atoms with E-state index in [1.807, 2.05) is 0 Å². The first-order valence-corrected chi connectivity index (χ1v) is 12.5. The molecule has 6 nitrogen and oxygen atoms in total. The van der Waals surface area contributed by atoms with Crippen LogP contribution in [0.2, 0.25) is 0 Å². The van der Waals surface area contributed by atoms with Crippen LogP contribution in [0, 0.1) is 13.8 Å². The van der Waals surface area contributed by atoms with Crippen molar-refractivity contribution in [2.24, 2.45) is 0 Å². The molecule has 154 valence electrons. The van der Waals surface area contributed by atoms with Gasteiger partial charge in [-0.15, -0.1) is 21.5 Å². The van der Waals surface area contributed by atoms with E-state index in [0.29, 0.717) is 11.6 Å². The minimum atomic E-state index is -0.00975. The summed E-state index contributed by atoms with van der Waals surface area (Å²) in [4.78, 5) is 22.6. The Hall–Kier alpha value is -2.23. The average Bonchev–Trinajstić information content (AvgIpc) is 3.32. The first-order chi connectivity index (χ1) is 14.6. The molecule has 4 aromatic rings. The van der Waals surface area contributed by atoms with E-state index in [9.17, 15) is 4.79 Å². The molecular formula is C21H21N5OS3. The van der Waals surface area contributed by atoms with Gasteiger partial charge >= 0.3 is 0 Å². The van der Waals surface area contributed by atoms with E-state index in [-0.39, 0.29) is 5.56 Å². The molecule has 0 atom stereocenters. The van der Waals surface area contributed by atoms with E-state index in [1.54, 1.807) is 23.1 Å². The van der Waals surface area contributed by atoms with E-state index in [4.69, 9.17) is 4.98 Å². The predicted molar refractivity (Wildman–Crippen MR) is 126 cm³/mol. The van der Waals surface area contributed by atoms with Gasteiger partial charge in [-0.2, -0.15) is 0 Å². The summed E-state index contributed by atoms with van der Waals surface area (Å²) < 4.78 is 0.843. The fourth-order valence-electron chi connectivity index (χ4n) is 3.79. The van der Waals surface area contributed by atoms with Crippen LogP contribution >= 0.6 is 34.4 Å². The predicted octanol–water partition coefficient (Wildman–Crippen LogP) is 5.37. The van der Waals surface area contributed by atoms with Gasteiger partial charge in [-0.05, 0) is 56.7 Å². The molecule has 0 radical (unpaired) electrons. The summed E-state index contributed by atoms with van der Waals surface area (Å²) in [7, 11) is 0. The summed E-state index contributed by atoms with van der Waals surface area (Å²) in [5, 5.41) is 13.4. The van der Waals surface area contributed by atoms with E-state index in [2.05, 4.69) is 52.5 Å². The number of aryl methyl sites for hydroxylation is 4. The Morgan fingerprint density at radius 1 is 1.17 bits per heavy atom. The molecule has 1 aliphatic rings. The van der Waals surface area contributed by atoms with E-state index >= 15 is 0 Å². The molecule has 1 aromatic carbocycles. The molecular weight excluding hydrogens is 434 g/mol. The maximum atomic E-state index is 12.7. The molecule has 0 saturated heterocycles. The zero-order chi connectivity index (χ0) is 20.7. The average molecular weight is 456 g/mol. The number of anilines is 2. The molecule has 0 unspecified atom stereocenters. The highest BCUT2D eigenvalue weighted by molar-refractivity contribution is 8.00. The Morgan fingerprint density at radius 3 is 2.90 bits per heavy atom. The number of fused-ring (bicyclic) bond motifs is 3. The second-order valence-corrected chi connectivity index (χ2v) is 10.8. The molecule has 5 rings (SSSR count). The Kier molecular flexibility index (Phi) is 5.34. The van der Waals surface area contributed by atoms with Crippen molar-refractivity contribution in [2.75, 3.05) is 5.32 Å². The lowest BCUT2D eigenvalue weighted by atomic mass is 9.97. The molecule has 3 heterocycles. The molecule has 0 bridgehead atoms. The van der Waals surface area contributed by atoms with Gasteiger partial charge in [0.05, 0.1) is 11.1 Å². The number of thioether (sulfide) groups is 1. The van der Waals surface area contributed by atoms with Gasteiger partial charge in [-0.25, -0.2) is 4.98 Å². The number of rotatable bonds is 5. The van der Waals surface area contributed by atoms with Gasteiger partial charge in [0.25, 0.3) is 5.56 Å². The van der Waals surface area contributed by atoms with Crippen LogP contribution < -0.4 is 10.9 Å². The Labute approximate surface area is 186 Å². The standard InChI is InChI=1S/C21H21N5OS3/c1-11-7-8-14(12(2)9-11)22-20-25-26-21(30-20)28-10-16-23-18(27)17-13-5-3-4-6-15(13)29-19(17)24-16/h7-9H,3-6,10H2,1-2H3,(H,22,25)(H,23,24,27). The monoisotopic (exact) mass is 455 g/mol. The lowest BCUT2D eigenvalue weighted by Gasteiger charge is -2.09. The van der Waals surface area contributed by atoms with Gasteiger partial charge < -0.3 is 10.3 Å². The topological polar surface area (TPSA) is 83.6 Å². The third kappa shape index (κ3) is 3.89. The third-order valence-electron chi connectivity index (χ3n) is 5.24. The van der Waals surface area contributed by atoms with Crippen molar-refractivity contribution in [3.05, 3.63) is 55.9 Å². The number of benzene rings is 1. The molecule has 1 aliphatic carbocycles. The SMILES string of the molecule is Cc1ccc(Nc2nnc(SCc3nc4sc5c(c4c(=O)[nH]3)CCCC5)s2)c(C)c1. The molecule has 0 aliphatic heterocycles. The van der Waals surface area contributed by atoms with Gasteiger partial charge in [0.2, 0.25) is 5.13 Å². The fraction of sp³-hybridized carbons (Fsp3) is 0.333. The Bertz CT molecular complexity index is 1290. The van der Waals surface area contributed by atoms with Crippen molar-refractivity contribution < 1.29 is 0 Å². The summed E-state index contributed by atoms with van der Waals surface area (Å²) in [6, 6.07) is 6.27. The van der Waals surface area contributed by atoms with Crippen LogP contribution in [0.1, 0.15) is 40.2 Å². The second-order valence-electron chi connectivity index (χ2n) is 7.51. The van der Waals surface area contributed by atoms with Crippen LogP contribution in [0.25, 0.3) is 10.2 Å². The maximum absolute atomic E-state index is 12.7. The second kappa shape index (κ2) is 8.13. The van der Waals surface area contributed by atoms with Gasteiger partial charge in [-0.1, -0.05) is 40.8 Å². The number of hydrogen-bond acceptors (Lipinski definition) is 8. The van der Waals surface area contributed by atoms with Crippen molar-refractivity contribution in [3.8, 4) is 0 Å². The third-order valence-corrected chi connectivity index (χ3v) is 8.41. The van der Waals surface area contributed by atoms with Crippen LogP contribution in [-0.2, 0) is 18.6 Å². The zero-order valence-corrected chi connectivity index (χ0v) is 19.2. The van der Waals surface area contributed by atoms with Crippen molar-refractivity contribution in [1.82, 2.24) is 20.2 Å². The molecule has 0 amide bonds. The minimum Gasteiger partial charge on any atom is -0.330 e. The van der Waals surface area contributed by atoms with Gasteiger partial charge in [-0.3, -0.25) is 4.79 Å². The first-order valence-electron chi connectivity index (χ1n) is 9.91. The van der Waals surface area contributed by atoms with Crippen LogP contribution in [0.4, 0.5) is 10.8 Å². The van der Waals surface area contributed by atoms with E-state index < -0.39 is 0 Å². The summed E-state index contributed by atoms with van der Waals surface area (Å²) in [6.07, 6.45) is 4.43. The van der Waals surface area contributed by atoms with Gasteiger partial charge in [0.1, 0.15) is 10.7 Å². The molecule has 0 spiro atoms. The zero-order valence-electron chi connectivity index (χ0n) is 16.7. The number of nitrogens with one attached hydrogen (secondary N) is 2. The largest absolute Gasteiger partial charge is 0.330 e. The van der Waals surface area contributed by atoms with Crippen molar-refractivity contribution in [2.45, 2.75) is 49.6 Å². The summed E-state index contributed by atoms with van der Waals surface area (Å²) in [5.74, 6) is 1.25. The number of hydrogen-bond donors (Lipinski definition) is 2. The molecule has 30 heavy (non-hydrogen) atoms. The normalized spacial score (nSPS) is 13.5. The van der Waals surface area contributed by atoms with Gasteiger partial charge in [0.15, 0.2) is 4.34 Å². The Morgan fingerprint density at radius 2 is 2.03 bits per heavy atom.